The molecule has 4 heteroatoms. The van der Waals surface area contributed by atoms with Gasteiger partial charge in [-0.25, -0.2) is 0 Å². The van der Waals surface area contributed by atoms with Crippen molar-refractivity contribution in [1.29, 1.82) is 0 Å². The SMILES string of the molecule is O=C(Cc1c2c(cc3c1OCC3)OCC2)NCCc1ccccc1. The Morgan fingerprint density at radius 3 is 2.79 bits per heavy atom. The molecular formula is C20H21NO3. The summed E-state index contributed by atoms with van der Waals surface area (Å²) < 4.78 is 11.5. The fourth-order valence-corrected chi connectivity index (χ4v) is 3.49. The summed E-state index contributed by atoms with van der Waals surface area (Å²) in [5.41, 5.74) is 4.57. The lowest BCUT2D eigenvalue weighted by Gasteiger charge is -2.13. The van der Waals surface area contributed by atoms with Crippen molar-refractivity contribution in [1.82, 2.24) is 5.32 Å². The Labute approximate surface area is 141 Å². The summed E-state index contributed by atoms with van der Waals surface area (Å²) in [6, 6.07) is 12.3. The average Bonchev–Trinajstić information content (AvgIpc) is 3.24. The molecule has 1 N–H and O–H groups in total. The normalized spacial score (nSPS) is 14.5. The molecule has 0 atom stereocenters. The quantitative estimate of drug-likeness (QED) is 0.919. The van der Waals surface area contributed by atoms with Gasteiger partial charge in [-0.1, -0.05) is 30.3 Å². The van der Waals surface area contributed by atoms with Gasteiger partial charge in [0.05, 0.1) is 19.6 Å². The third-order valence-corrected chi connectivity index (χ3v) is 4.68. The van der Waals surface area contributed by atoms with Crippen LogP contribution in [0.15, 0.2) is 36.4 Å². The summed E-state index contributed by atoms with van der Waals surface area (Å²) >= 11 is 0. The van der Waals surface area contributed by atoms with E-state index in [1.54, 1.807) is 0 Å². The third kappa shape index (κ3) is 2.96. The fraction of sp³-hybridized carbons (Fsp3) is 0.350. The van der Waals surface area contributed by atoms with Crippen molar-refractivity contribution in [3.05, 3.63) is 58.7 Å². The van der Waals surface area contributed by atoms with Crippen LogP contribution in [0.4, 0.5) is 0 Å². The van der Waals surface area contributed by atoms with Crippen LogP contribution in [0.5, 0.6) is 11.5 Å². The van der Waals surface area contributed by atoms with Gasteiger partial charge in [0.1, 0.15) is 11.5 Å². The molecular weight excluding hydrogens is 302 g/mol. The Hall–Kier alpha value is -2.49. The van der Waals surface area contributed by atoms with Gasteiger partial charge >= 0.3 is 0 Å². The number of carbonyl (C=O) groups is 1. The van der Waals surface area contributed by atoms with Crippen LogP contribution in [0.2, 0.25) is 0 Å². The van der Waals surface area contributed by atoms with Gasteiger partial charge in [-0.15, -0.1) is 0 Å². The second-order valence-corrected chi connectivity index (χ2v) is 6.28. The standard InChI is InChI=1S/C20H21NO3/c22-19(21-9-6-14-4-2-1-3-5-14)13-17-16-8-11-23-18(16)12-15-7-10-24-20(15)17/h1-5,12H,6-11,13H2,(H,21,22). The van der Waals surface area contributed by atoms with Crippen molar-refractivity contribution in [3.8, 4) is 11.5 Å². The van der Waals surface area contributed by atoms with Gasteiger partial charge in [-0.05, 0) is 18.1 Å². The molecule has 2 aromatic rings. The van der Waals surface area contributed by atoms with Crippen LogP contribution in [0.1, 0.15) is 22.3 Å². The lowest BCUT2D eigenvalue weighted by Crippen LogP contribution is -2.27. The highest BCUT2D eigenvalue weighted by atomic mass is 16.5. The molecule has 0 aliphatic carbocycles. The molecule has 2 heterocycles. The van der Waals surface area contributed by atoms with Gasteiger partial charge in [0, 0.05) is 36.1 Å². The minimum absolute atomic E-state index is 0.0453. The van der Waals surface area contributed by atoms with Crippen LogP contribution in [-0.4, -0.2) is 25.7 Å². The van der Waals surface area contributed by atoms with Crippen LogP contribution in [0.3, 0.4) is 0 Å². The van der Waals surface area contributed by atoms with Gasteiger partial charge < -0.3 is 14.8 Å². The van der Waals surface area contributed by atoms with E-state index in [4.69, 9.17) is 9.47 Å². The van der Waals surface area contributed by atoms with Gasteiger partial charge in [0.2, 0.25) is 5.91 Å². The summed E-state index contributed by atoms with van der Waals surface area (Å²) in [6.07, 6.45) is 2.97. The van der Waals surface area contributed by atoms with E-state index < -0.39 is 0 Å². The smallest absolute Gasteiger partial charge is 0.224 e. The van der Waals surface area contributed by atoms with E-state index >= 15 is 0 Å². The van der Waals surface area contributed by atoms with Gasteiger partial charge in [0.25, 0.3) is 0 Å². The lowest BCUT2D eigenvalue weighted by molar-refractivity contribution is -0.120. The number of benzene rings is 2. The van der Waals surface area contributed by atoms with Crippen LogP contribution < -0.4 is 14.8 Å². The molecule has 4 nitrogen and oxygen atoms in total. The van der Waals surface area contributed by atoms with Crippen LogP contribution >= 0.6 is 0 Å². The maximum atomic E-state index is 12.4. The molecule has 24 heavy (non-hydrogen) atoms. The first-order valence-electron chi connectivity index (χ1n) is 8.55. The minimum atomic E-state index is 0.0453. The highest BCUT2D eigenvalue weighted by molar-refractivity contribution is 5.80. The molecule has 4 rings (SSSR count). The molecule has 0 saturated heterocycles. The number of rotatable bonds is 5. The molecule has 2 aliphatic rings. The molecule has 0 bridgehead atoms. The Balaban J connectivity index is 1.43. The van der Waals surface area contributed by atoms with Crippen molar-refractivity contribution >= 4 is 5.91 Å². The molecule has 124 valence electrons. The Morgan fingerprint density at radius 2 is 1.92 bits per heavy atom. The molecule has 0 spiro atoms. The number of carbonyl (C=O) groups excluding carboxylic acids is 1. The van der Waals surface area contributed by atoms with E-state index in [-0.39, 0.29) is 5.91 Å². The molecule has 0 unspecified atom stereocenters. The van der Waals surface area contributed by atoms with Gasteiger partial charge in [-0.3, -0.25) is 4.79 Å². The van der Waals surface area contributed by atoms with Crippen molar-refractivity contribution in [2.24, 2.45) is 0 Å². The zero-order valence-electron chi connectivity index (χ0n) is 13.6. The second-order valence-electron chi connectivity index (χ2n) is 6.28. The first-order chi connectivity index (χ1) is 11.8. The van der Waals surface area contributed by atoms with E-state index in [2.05, 4.69) is 23.5 Å². The second kappa shape index (κ2) is 6.56. The zero-order valence-corrected chi connectivity index (χ0v) is 13.6. The topological polar surface area (TPSA) is 47.6 Å². The summed E-state index contributed by atoms with van der Waals surface area (Å²) in [7, 11) is 0. The van der Waals surface area contributed by atoms with E-state index in [9.17, 15) is 4.79 Å². The molecule has 2 aliphatic heterocycles. The first kappa shape index (κ1) is 15.1. The Morgan fingerprint density at radius 1 is 1.08 bits per heavy atom. The highest BCUT2D eigenvalue weighted by Gasteiger charge is 2.27. The number of nitrogens with one attached hydrogen (secondary N) is 1. The number of hydrogen-bond acceptors (Lipinski definition) is 3. The largest absolute Gasteiger partial charge is 0.493 e. The molecule has 0 fully saturated rings. The van der Waals surface area contributed by atoms with E-state index in [0.29, 0.717) is 26.2 Å². The minimum Gasteiger partial charge on any atom is -0.493 e. The summed E-state index contributed by atoms with van der Waals surface area (Å²) in [5, 5.41) is 3.03. The summed E-state index contributed by atoms with van der Waals surface area (Å²) in [4.78, 5) is 12.4. The summed E-state index contributed by atoms with van der Waals surface area (Å²) in [6.45, 7) is 2.04. The maximum absolute atomic E-state index is 12.4. The molecule has 0 aromatic heterocycles. The van der Waals surface area contributed by atoms with E-state index in [0.717, 1.165) is 41.9 Å². The van der Waals surface area contributed by atoms with Crippen molar-refractivity contribution in [2.75, 3.05) is 19.8 Å². The number of fused-ring (bicyclic) bond motifs is 2. The predicted molar refractivity (Wildman–Crippen MR) is 91.7 cm³/mol. The first-order valence-corrected chi connectivity index (χ1v) is 8.55. The van der Waals surface area contributed by atoms with Crippen LogP contribution in [0.25, 0.3) is 0 Å². The predicted octanol–water partition coefficient (Wildman–Crippen LogP) is 2.46. The molecule has 2 aromatic carbocycles. The van der Waals surface area contributed by atoms with Crippen molar-refractivity contribution in [3.63, 3.8) is 0 Å². The monoisotopic (exact) mass is 323 g/mol. The summed E-state index contributed by atoms with van der Waals surface area (Å²) in [5.74, 6) is 1.90. The van der Waals surface area contributed by atoms with E-state index in [1.807, 2.05) is 18.2 Å². The fourth-order valence-electron chi connectivity index (χ4n) is 3.49. The third-order valence-electron chi connectivity index (χ3n) is 4.68. The van der Waals surface area contributed by atoms with Crippen molar-refractivity contribution in [2.45, 2.75) is 25.7 Å². The average molecular weight is 323 g/mol. The molecule has 0 saturated carbocycles. The van der Waals surface area contributed by atoms with Gasteiger partial charge in [0.15, 0.2) is 0 Å². The number of ether oxygens (including phenoxy) is 2. The van der Waals surface area contributed by atoms with Crippen LogP contribution in [0, 0.1) is 0 Å². The van der Waals surface area contributed by atoms with Gasteiger partial charge in [-0.2, -0.15) is 0 Å². The van der Waals surface area contributed by atoms with Crippen LogP contribution in [-0.2, 0) is 30.5 Å². The zero-order chi connectivity index (χ0) is 16.4. The Kier molecular flexibility index (Phi) is 4.11. The molecule has 0 radical (unpaired) electrons. The number of amides is 1. The molecule has 1 amide bonds. The van der Waals surface area contributed by atoms with Crippen molar-refractivity contribution < 1.29 is 14.3 Å². The Bertz CT molecular complexity index is 723. The lowest BCUT2D eigenvalue weighted by atomic mass is 9.97. The van der Waals surface area contributed by atoms with E-state index in [1.165, 1.54) is 11.1 Å². The highest BCUT2D eigenvalue weighted by Crippen LogP contribution is 2.40. The number of hydrogen-bond donors (Lipinski definition) is 1. The maximum Gasteiger partial charge on any atom is 0.224 e.